The molecule has 3 N–H and O–H groups in total. The molecule has 20 heavy (non-hydrogen) atoms. The van der Waals surface area contributed by atoms with Gasteiger partial charge in [-0.1, -0.05) is 32.4 Å². The second-order valence-electron chi connectivity index (χ2n) is 5.36. The summed E-state index contributed by atoms with van der Waals surface area (Å²) in [6.45, 7) is 5.05. The maximum atomic E-state index is 13.1. The number of halogens is 2. The van der Waals surface area contributed by atoms with Gasteiger partial charge in [0.05, 0.1) is 10.7 Å². The maximum Gasteiger partial charge on any atom is 0.326 e. The molecule has 5 nitrogen and oxygen atoms in total. The summed E-state index contributed by atoms with van der Waals surface area (Å²) in [6.07, 6.45) is 0. The zero-order valence-corrected chi connectivity index (χ0v) is 12.1. The van der Waals surface area contributed by atoms with E-state index in [1.807, 2.05) is 0 Å². The highest BCUT2D eigenvalue weighted by atomic mass is 35.5. The minimum absolute atomic E-state index is 0.0715. The average molecular weight is 303 g/mol. The Morgan fingerprint density at radius 3 is 2.45 bits per heavy atom. The van der Waals surface area contributed by atoms with E-state index in [1.54, 1.807) is 20.8 Å². The summed E-state index contributed by atoms with van der Waals surface area (Å²) in [6, 6.07) is 1.65. The Labute approximate surface area is 121 Å². The van der Waals surface area contributed by atoms with Gasteiger partial charge in [0.25, 0.3) is 0 Å². The molecule has 0 aliphatic rings. The molecule has 0 aromatic heterocycles. The first kappa shape index (κ1) is 16.2. The Balaban J connectivity index is 2.81. The molecule has 0 aliphatic carbocycles. The Hall–Kier alpha value is -1.82. The normalized spacial score (nSPS) is 12.7. The Bertz CT molecular complexity index is 529. The van der Waals surface area contributed by atoms with E-state index in [1.165, 1.54) is 6.07 Å². The SMILES string of the molecule is CC(C)(C)[C@@H](NC(=O)Nc1cc(F)ccc1Cl)C(=O)O. The molecular formula is C13H16ClFN2O3. The topological polar surface area (TPSA) is 78.4 Å². The monoisotopic (exact) mass is 302 g/mol. The van der Waals surface area contributed by atoms with Crippen LogP contribution in [0.3, 0.4) is 0 Å². The first-order chi connectivity index (χ1) is 9.11. The minimum Gasteiger partial charge on any atom is -0.480 e. The van der Waals surface area contributed by atoms with Gasteiger partial charge in [0.2, 0.25) is 0 Å². The molecule has 1 rings (SSSR count). The number of carboxylic acids is 1. The molecule has 0 saturated heterocycles. The summed E-state index contributed by atoms with van der Waals surface area (Å²) in [7, 11) is 0. The van der Waals surface area contributed by atoms with Crippen molar-refractivity contribution in [2.75, 3.05) is 5.32 Å². The van der Waals surface area contributed by atoms with Gasteiger partial charge in [-0.3, -0.25) is 0 Å². The number of amides is 2. The first-order valence-corrected chi connectivity index (χ1v) is 6.24. The third kappa shape index (κ3) is 4.38. The van der Waals surface area contributed by atoms with Crippen molar-refractivity contribution in [3.63, 3.8) is 0 Å². The fraction of sp³-hybridized carbons (Fsp3) is 0.385. The molecule has 2 amide bonds. The lowest BCUT2D eigenvalue weighted by Crippen LogP contribution is -2.50. The van der Waals surface area contributed by atoms with Crippen LogP contribution < -0.4 is 10.6 Å². The summed E-state index contributed by atoms with van der Waals surface area (Å²) in [5.41, 5.74) is -0.600. The highest BCUT2D eigenvalue weighted by molar-refractivity contribution is 6.33. The van der Waals surface area contributed by atoms with Crippen LogP contribution in [0.5, 0.6) is 0 Å². The van der Waals surface area contributed by atoms with Gasteiger partial charge in [-0.25, -0.2) is 14.0 Å². The minimum atomic E-state index is -1.15. The van der Waals surface area contributed by atoms with Crippen LogP contribution in [0.15, 0.2) is 18.2 Å². The number of carboxylic acid groups (broad SMARTS) is 1. The molecule has 0 fully saturated rings. The van der Waals surface area contributed by atoms with Gasteiger partial charge < -0.3 is 15.7 Å². The number of rotatable bonds is 3. The van der Waals surface area contributed by atoms with Crippen LogP contribution >= 0.6 is 11.6 Å². The molecule has 1 aromatic rings. The van der Waals surface area contributed by atoms with Crippen molar-refractivity contribution >= 4 is 29.3 Å². The maximum absolute atomic E-state index is 13.1. The molecule has 0 bridgehead atoms. The lowest BCUT2D eigenvalue weighted by molar-refractivity contribution is -0.141. The van der Waals surface area contributed by atoms with Gasteiger partial charge >= 0.3 is 12.0 Å². The van der Waals surface area contributed by atoms with E-state index in [-0.39, 0.29) is 10.7 Å². The molecule has 0 spiro atoms. The van der Waals surface area contributed by atoms with Crippen molar-refractivity contribution in [1.82, 2.24) is 5.32 Å². The predicted octanol–water partition coefficient (Wildman–Crippen LogP) is 3.10. The smallest absolute Gasteiger partial charge is 0.326 e. The Morgan fingerprint density at radius 1 is 1.35 bits per heavy atom. The standard InChI is InChI=1S/C13H16ClFN2O3/c1-13(2,3)10(11(18)19)17-12(20)16-9-6-7(15)4-5-8(9)14/h4-6,10H,1-3H3,(H,18,19)(H2,16,17,20)/t10-/m0/s1. The summed E-state index contributed by atoms with van der Waals surface area (Å²) < 4.78 is 13.1. The van der Waals surface area contributed by atoms with Crippen molar-refractivity contribution in [1.29, 1.82) is 0 Å². The van der Waals surface area contributed by atoms with Crippen molar-refractivity contribution < 1.29 is 19.1 Å². The van der Waals surface area contributed by atoms with Gasteiger partial charge in [-0.2, -0.15) is 0 Å². The van der Waals surface area contributed by atoms with Crippen molar-refractivity contribution in [3.05, 3.63) is 29.0 Å². The number of hydrogen-bond donors (Lipinski definition) is 3. The lowest BCUT2D eigenvalue weighted by atomic mass is 9.87. The Kier molecular flexibility index (Phi) is 4.94. The molecule has 0 saturated carbocycles. The molecule has 0 aliphatic heterocycles. The van der Waals surface area contributed by atoms with Crippen molar-refractivity contribution in [3.8, 4) is 0 Å². The number of anilines is 1. The van der Waals surface area contributed by atoms with Crippen LogP contribution in [0.2, 0.25) is 5.02 Å². The number of nitrogens with one attached hydrogen (secondary N) is 2. The lowest BCUT2D eigenvalue weighted by Gasteiger charge is -2.27. The number of benzene rings is 1. The second kappa shape index (κ2) is 6.09. The fourth-order valence-electron chi connectivity index (χ4n) is 1.53. The molecule has 0 heterocycles. The molecule has 1 atom stereocenters. The Morgan fingerprint density at radius 2 is 1.95 bits per heavy atom. The summed E-state index contributed by atoms with van der Waals surface area (Å²) in [5.74, 6) is -1.71. The molecular weight excluding hydrogens is 287 g/mol. The van der Waals surface area contributed by atoms with E-state index in [9.17, 15) is 14.0 Å². The van der Waals surface area contributed by atoms with Crippen LogP contribution in [-0.4, -0.2) is 23.1 Å². The third-order valence-corrected chi connectivity index (χ3v) is 2.89. The number of aliphatic carboxylic acids is 1. The van der Waals surface area contributed by atoms with Gasteiger partial charge in [-0.05, 0) is 23.6 Å². The van der Waals surface area contributed by atoms with E-state index in [0.29, 0.717) is 0 Å². The molecule has 0 unspecified atom stereocenters. The third-order valence-electron chi connectivity index (χ3n) is 2.57. The quantitative estimate of drug-likeness (QED) is 0.803. The summed E-state index contributed by atoms with van der Waals surface area (Å²) >= 11 is 5.80. The van der Waals surface area contributed by atoms with Crippen molar-refractivity contribution in [2.24, 2.45) is 5.41 Å². The van der Waals surface area contributed by atoms with E-state index < -0.39 is 29.3 Å². The van der Waals surface area contributed by atoms with E-state index in [4.69, 9.17) is 16.7 Å². The van der Waals surface area contributed by atoms with Crippen molar-refractivity contribution in [2.45, 2.75) is 26.8 Å². The molecule has 110 valence electrons. The second-order valence-corrected chi connectivity index (χ2v) is 5.77. The van der Waals surface area contributed by atoms with Crippen LogP contribution in [0, 0.1) is 11.2 Å². The number of urea groups is 1. The van der Waals surface area contributed by atoms with Gasteiger partial charge in [0, 0.05) is 0 Å². The predicted molar refractivity (Wildman–Crippen MR) is 74.4 cm³/mol. The zero-order valence-electron chi connectivity index (χ0n) is 11.3. The van der Waals surface area contributed by atoms with Crippen LogP contribution in [0.4, 0.5) is 14.9 Å². The van der Waals surface area contributed by atoms with E-state index in [2.05, 4.69) is 10.6 Å². The number of hydrogen-bond acceptors (Lipinski definition) is 2. The number of carbonyl (C=O) groups excluding carboxylic acids is 1. The summed E-state index contributed by atoms with van der Waals surface area (Å²) in [5, 5.41) is 13.9. The van der Waals surface area contributed by atoms with Crippen LogP contribution in [0.25, 0.3) is 0 Å². The van der Waals surface area contributed by atoms with Gasteiger partial charge in [0.1, 0.15) is 11.9 Å². The molecule has 0 radical (unpaired) electrons. The van der Waals surface area contributed by atoms with Crippen LogP contribution in [-0.2, 0) is 4.79 Å². The van der Waals surface area contributed by atoms with Crippen LogP contribution in [0.1, 0.15) is 20.8 Å². The largest absolute Gasteiger partial charge is 0.480 e. The first-order valence-electron chi connectivity index (χ1n) is 5.86. The highest BCUT2D eigenvalue weighted by Crippen LogP contribution is 2.23. The van der Waals surface area contributed by atoms with E-state index in [0.717, 1.165) is 12.1 Å². The molecule has 7 heteroatoms. The summed E-state index contributed by atoms with van der Waals surface area (Å²) in [4.78, 5) is 22.9. The van der Waals surface area contributed by atoms with Gasteiger partial charge in [-0.15, -0.1) is 0 Å². The van der Waals surface area contributed by atoms with Gasteiger partial charge in [0.15, 0.2) is 0 Å². The highest BCUT2D eigenvalue weighted by Gasteiger charge is 2.32. The number of carbonyl (C=O) groups is 2. The fourth-order valence-corrected chi connectivity index (χ4v) is 1.70. The average Bonchev–Trinajstić information content (AvgIpc) is 2.29. The molecule has 1 aromatic carbocycles. The van der Waals surface area contributed by atoms with E-state index >= 15 is 0 Å². The zero-order chi connectivity index (χ0) is 15.5.